The zero-order valence-corrected chi connectivity index (χ0v) is 16.8. The average molecular weight is 407 g/mol. The predicted octanol–water partition coefficient (Wildman–Crippen LogP) is 3.43. The van der Waals surface area contributed by atoms with E-state index in [0.29, 0.717) is 25.2 Å². The summed E-state index contributed by atoms with van der Waals surface area (Å²) in [6.07, 6.45) is 2.23. The third-order valence-corrected chi connectivity index (χ3v) is 4.93. The van der Waals surface area contributed by atoms with Gasteiger partial charge in [-0.05, 0) is 13.0 Å². The maximum absolute atomic E-state index is 12.4. The minimum Gasteiger partial charge on any atom is -0.361 e. The van der Waals surface area contributed by atoms with Crippen molar-refractivity contribution in [2.24, 2.45) is 5.73 Å². The van der Waals surface area contributed by atoms with Crippen LogP contribution in [-0.2, 0) is 12.8 Å². The summed E-state index contributed by atoms with van der Waals surface area (Å²) in [5.41, 5.74) is 7.88. The van der Waals surface area contributed by atoms with Crippen molar-refractivity contribution in [2.45, 2.75) is 19.3 Å². The van der Waals surface area contributed by atoms with Gasteiger partial charge in [-0.15, -0.1) is 23.7 Å². The average Bonchev–Trinajstić information content (AvgIpc) is 3.32. The lowest BCUT2D eigenvalue weighted by molar-refractivity contribution is 0.0787. The van der Waals surface area contributed by atoms with Crippen molar-refractivity contribution >= 4 is 29.7 Å². The number of aryl methyl sites for hydroxylation is 1. The second-order valence-electron chi connectivity index (χ2n) is 6.04. The summed E-state index contributed by atoms with van der Waals surface area (Å²) in [5.74, 6) is 0.760. The van der Waals surface area contributed by atoms with E-state index in [4.69, 9.17) is 10.3 Å². The van der Waals surface area contributed by atoms with Crippen molar-refractivity contribution in [3.8, 4) is 11.3 Å². The third-order valence-electron chi connectivity index (χ3n) is 4.02. The Bertz CT molecular complexity index is 850. The molecule has 0 spiro atoms. The number of hydrogen-bond acceptors (Lipinski definition) is 6. The fourth-order valence-corrected chi connectivity index (χ4v) is 3.40. The van der Waals surface area contributed by atoms with Gasteiger partial charge in [-0.1, -0.05) is 35.5 Å². The van der Waals surface area contributed by atoms with Crippen LogP contribution in [0.3, 0.4) is 0 Å². The highest BCUT2D eigenvalue weighted by atomic mass is 35.5. The molecule has 8 heteroatoms. The molecule has 0 saturated heterocycles. The molecule has 144 valence electrons. The quantitative estimate of drug-likeness (QED) is 0.619. The number of thiazole rings is 1. The number of nitrogens with zero attached hydrogens (tertiary/aromatic N) is 3. The standard InChI is InChI=1S/C19H22N4O2S.ClH/c1-23(19(24)17-13-26-18(21-17)9-10-20)11-5-8-15-12-16(22-25-15)14-6-3-2-4-7-14;/h2-4,6-7,12-13H,5,8-11,20H2,1H3;1H. The Kier molecular flexibility index (Phi) is 7.97. The zero-order valence-electron chi connectivity index (χ0n) is 15.1. The molecule has 6 nitrogen and oxygen atoms in total. The van der Waals surface area contributed by atoms with E-state index in [-0.39, 0.29) is 18.3 Å². The molecule has 0 aliphatic heterocycles. The molecule has 1 aromatic carbocycles. The summed E-state index contributed by atoms with van der Waals surface area (Å²) < 4.78 is 5.40. The molecular formula is C19H23ClN4O2S. The molecule has 0 saturated carbocycles. The third kappa shape index (κ3) is 5.63. The van der Waals surface area contributed by atoms with E-state index < -0.39 is 0 Å². The van der Waals surface area contributed by atoms with Crippen LogP contribution in [0.1, 0.15) is 27.7 Å². The summed E-state index contributed by atoms with van der Waals surface area (Å²) in [7, 11) is 1.79. The number of aromatic nitrogens is 2. The van der Waals surface area contributed by atoms with Crippen LogP contribution in [0.4, 0.5) is 0 Å². The van der Waals surface area contributed by atoms with Gasteiger partial charge >= 0.3 is 0 Å². The zero-order chi connectivity index (χ0) is 18.4. The number of amides is 1. The molecule has 3 aromatic rings. The van der Waals surface area contributed by atoms with Crippen LogP contribution in [0.15, 0.2) is 46.3 Å². The van der Waals surface area contributed by atoms with Crippen LogP contribution >= 0.6 is 23.7 Å². The highest BCUT2D eigenvalue weighted by Gasteiger charge is 2.15. The molecule has 0 aliphatic carbocycles. The molecule has 27 heavy (non-hydrogen) atoms. The van der Waals surface area contributed by atoms with E-state index in [9.17, 15) is 4.79 Å². The summed E-state index contributed by atoms with van der Waals surface area (Å²) >= 11 is 1.48. The molecule has 0 unspecified atom stereocenters. The number of benzene rings is 1. The van der Waals surface area contributed by atoms with Crippen LogP contribution in [0.2, 0.25) is 0 Å². The second kappa shape index (κ2) is 10.2. The monoisotopic (exact) mass is 406 g/mol. The van der Waals surface area contributed by atoms with Crippen molar-refractivity contribution in [1.82, 2.24) is 15.0 Å². The normalized spacial score (nSPS) is 10.4. The Morgan fingerprint density at radius 2 is 2.04 bits per heavy atom. The summed E-state index contributed by atoms with van der Waals surface area (Å²) in [5, 5.41) is 6.81. The fraction of sp³-hybridized carbons (Fsp3) is 0.316. The molecule has 0 atom stereocenters. The first-order chi connectivity index (χ1) is 12.7. The highest BCUT2D eigenvalue weighted by molar-refractivity contribution is 7.09. The van der Waals surface area contributed by atoms with Gasteiger partial charge in [0.15, 0.2) is 0 Å². The van der Waals surface area contributed by atoms with Crippen LogP contribution in [0.5, 0.6) is 0 Å². The van der Waals surface area contributed by atoms with Gasteiger partial charge in [-0.2, -0.15) is 0 Å². The Morgan fingerprint density at radius 1 is 1.26 bits per heavy atom. The molecule has 3 rings (SSSR count). The molecule has 2 aromatic heterocycles. The lowest BCUT2D eigenvalue weighted by atomic mass is 10.1. The minimum atomic E-state index is -0.0629. The maximum atomic E-state index is 12.4. The number of carbonyl (C=O) groups is 1. The SMILES string of the molecule is CN(CCCc1cc(-c2ccccc2)no1)C(=O)c1csc(CCN)n1.Cl. The van der Waals surface area contributed by atoms with E-state index in [1.165, 1.54) is 11.3 Å². The number of hydrogen-bond donors (Lipinski definition) is 1. The summed E-state index contributed by atoms with van der Waals surface area (Å²) in [6.45, 7) is 1.17. The van der Waals surface area contributed by atoms with E-state index in [0.717, 1.165) is 34.9 Å². The number of nitrogens with two attached hydrogens (primary N) is 1. The van der Waals surface area contributed by atoms with Gasteiger partial charge in [-0.25, -0.2) is 4.98 Å². The largest absolute Gasteiger partial charge is 0.361 e. The van der Waals surface area contributed by atoms with E-state index >= 15 is 0 Å². The molecule has 0 bridgehead atoms. The molecule has 0 radical (unpaired) electrons. The highest BCUT2D eigenvalue weighted by Crippen LogP contribution is 2.19. The van der Waals surface area contributed by atoms with Gasteiger partial charge < -0.3 is 15.2 Å². The van der Waals surface area contributed by atoms with Crippen LogP contribution in [0, 0.1) is 0 Å². The van der Waals surface area contributed by atoms with Crippen LogP contribution in [-0.4, -0.2) is 41.1 Å². The summed E-state index contributed by atoms with van der Waals surface area (Å²) in [6, 6.07) is 11.9. The van der Waals surface area contributed by atoms with Crippen molar-refractivity contribution in [2.75, 3.05) is 20.1 Å². The van der Waals surface area contributed by atoms with Crippen molar-refractivity contribution in [1.29, 1.82) is 0 Å². The first kappa shape index (κ1) is 21.1. The molecule has 2 N–H and O–H groups in total. The first-order valence-corrected chi connectivity index (χ1v) is 9.46. The Labute approximate surface area is 168 Å². The predicted molar refractivity (Wildman–Crippen MR) is 109 cm³/mol. The molecule has 0 aliphatic rings. The maximum Gasteiger partial charge on any atom is 0.273 e. The Balaban J connectivity index is 0.00000261. The van der Waals surface area contributed by atoms with Crippen molar-refractivity contribution in [3.05, 3.63) is 58.2 Å². The molecular weight excluding hydrogens is 384 g/mol. The van der Waals surface area contributed by atoms with Gasteiger partial charge in [0.1, 0.15) is 17.1 Å². The first-order valence-electron chi connectivity index (χ1n) is 8.58. The number of rotatable bonds is 8. The van der Waals surface area contributed by atoms with Crippen molar-refractivity contribution in [3.63, 3.8) is 0 Å². The smallest absolute Gasteiger partial charge is 0.273 e. The van der Waals surface area contributed by atoms with E-state index in [1.54, 1.807) is 17.3 Å². The van der Waals surface area contributed by atoms with E-state index in [1.807, 2.05) is 36.4 Å². The molecule has 2 heterocycles. The minimum absolute atomic E-state index is 0. The number of halogens is 1. The van der Waals surface area contributed by atoms with Crippen molar-refractivity contribution < 1.29 is 9.32 Å². The fourth-order valence-electron chi connectivity index (χ4n) is 2.61. The van der Waals surface area contributed by atoms with Gasteiger partial charge in [-0.3, -0.25) is 4.79 Å². The summed E-state index contributed by atoms with van der Waals surface area (Å²) in [4.78, 5) is 18.4. The topological polar surface area (TPSA) is 85.2 Å². The van der Waals surface area contributed by atoms with Gasteiger partial charge in [0.05, 0.1) is 5.01 Å². The second-order valence-corrected chi connectivity index (χ2v) is 6.98. The Morgan fingerprint density at radius 3 is 2.78 bits per heavy atom. The van der Waals surface area contributed by atoms with Crippen LogP contribution < -0.4 is 5.73 Å². The number of carbonyl (C=O) groups excluding carboxylic acids is 1. The van der Waals surface area contributed by atoms with Crippen LogP contribution in [0.25, 0.3) is 11.3 Å². The van der Waals surface area contributed by atoms with Gasteiger partial charge in [0, 0.05) is 43.4 Å². The van der Waals surface area contributed by atoms with E-state index in [2.05, 4.69) is 10.1 Å². The Hall–Kier alpha value is -2.22. The van der Waals surface area contributed by atoms with Gasteiger partial charge in [0.2, 0.25) is 0 Å². The molecule has 0 fully saturated rings. The van der Waals surface area contributed by atoms with Gasteiger partial charge in [0.25, 0.3) is 5.91 Å². The lowest BCUT2D eigenvalue weighted by Crippen LogP contribution is -2.28. The lowest BCUT2D eigenvalue weighted by Gasteiger charge is -2.15. The molecule has 1 amide bonds.